The SMILES string of the molecule is CO[C@@H]1CN(C(=O)c2cc(C)ccc2C)C[C@H]1Oc1cccc(NS(=O)(=O)N2CCCC2c2ccncc2)c1. The molecule has 5 rings (SSSR count). The summed E-state index contributed by atoms with van der Waals surface area (Å²) in [6, 6.07) is 16.2. The van der Waals surface area contributed by atoms with Gasteiger partial charge in [-0.2, -0.15) is 12.7 Å². The van der Waals surface area contributed by atoms with Gasteiger partial charge < -0.3 is 14.4 Å². The summed E-state index contributed by atoms with van der Waals surface area (Å²) in [7, 11) is -2.19. The molecule has 1 N–H and O–H groups in total. The number of benzene rings is 2. The number of ether oxygens (including phenoxy) is 2. The van der Waals surface area contributed by atoms with Crippen molar-refractivity contribution in [2.24, 2.45) is 0 Å². The van der Waals surface area contributed by atoms with Crippen LogP contribution in [0.25, 0.3) is 0 Å². The first-order valence-corrected chi connectivity index (χ1v) is 14.5. The highest BCUT2D eigenvalue weighted by Gasteiger charge is 2.38. The second kappa shape index (κ2) is 11.3. The lowest BCUT2D eigenvalue weighted by Crippen LogP contribution is -2.35. The van der Waals surface area contributed by atoms with E-state index in [1.165, 1.54) is 4.31 Å². The van der Waals surface area contributed by atoms with Crippen LogP contribution in [0.2, 0.25) is 0 Å². The number of methoxy groups -OCH3 is 1. The molecule has 0 aliphatic carbocycles. The van der Waals surface area contributed by atoms with E-state index < -0.39 is 16.3 Å². The van der Waals surface area contributed by atoms with Gasteiger partial charge in [-0.05, 0) is 68.1 Å². The first-order chi connectivity index (χ1) is 18.7. The summed E-state index contributed by atoms with van der Waals surface area (Å²) in [6.07, 6.45) is 4.19. The molecule has 0 radical (unpaired) electrons. The molecule has 10 heteroatoms. The Kier molecular flexibility index (Phi) is 7.88. The Hall–Kier alpha value is -3.47. The minimum absolute atomic E-state index is 0.0553. The number of likely N-dealkylation sites (tertiary alicyclic amines) is 1. The van der Waals surface area contributed by atoms with E-state index in [1.54, 1.807) is 48.7 Å². The van der Waals surface area contributed by atoms with Crippen molar-refractivity contribution < 1.29 is 22.7 Å². The van der Waals surface area contributed by atoms with E-state index in [2.05, 4.69) is 9.71 Å². The highest BCUT2D eigenvalue weighted by molar-refractivity contribution is 7.90. The maximum absolute atomic E-state index is 13.3. The Morgan fingerprint density at radius 3 is 2.56 bits per heavy atom. The molecule has 3 heterocycles. The lowest BCUT2D eigenvalue weighted by atomic mass is 10.0. The zero-order valence-electron chi connectivity index (χ0n) is 22.4. The second-order valence-corrected chi connectivity index (χ2v) is 11.8. The van der Waals surface area contributed by atoms with E-state index in [1.807, 2.05) is 44.2 Å². The van der Waals surface area contributed by atoms with Gasteiger partial charge in [0.25, 0.3) is 5.91 Å². The topological polar surface area (TPSA) is 101 Å². The fourth-order valence-electron chi connectivity index (χ4n) is 5.35. The van der Waals surface area contributed by atoms with Crippen molar-refractivity contribution in [2.45, 2.75) is 44.9 Å². The Labute approximate surface area is 229 Å². The Balaban J connectivity index is 1.28. The van der Waals surface area contributed by atoms with Gasteiger partial charge in [-0.15, -0.1) is 0 Å². The van der Waals surface area contributed by atoms with Crippen LogP contribution in [-0.4, -0.2) is 67.5 Å². The van der Waals surface area contributed by atoms with Gasteiger partial charge in [-0.3, -0.25) is 14.5 Å². The summed E-state index contributed by atoms with van der Waals surface area (Å²) in [5.41, 5.74) is 3.96. The van der Waals surface area contributed by atoms with Crippen LogP contribution in [0, 0.1) is 13.8 Å². The number of carbonyl (C=O) groups excluding carboxylic acids is 1. The Morgan fingerprint density at radius 2 is 1.79 bits per heavy atom. The monoisotopic (exact) mass is 550 g/mol. The maximum atomic E-state index is 13.3. The minimum atomic E-state index is -3.80. The third-order valence-electron chi connectivity index (χ3n) is 7.40. The fourth-order valence-corrected chi connectivity index (χ4v) is 6.82. The molecule has 39 heavy (non-hydrogen) atoms. The largest absolute Gasteiger partial charge is 0.486 e. The van der Waals surface area contributed by atoms with E-state index >= 15 is 0 Å². The predicted octanol–water partition coefficient (Wildman–Crippen LogP) is 4.11. The molecule has 1 amide bonds. The van der Waals surface area contributed by atoms with Gasteiger partial charge in [0.1, 0.15) is 18.0 Å². The van der Waals surface area contributed by atoms with Gasteiger partial charge in [0.15, 0.2) is 0 Å². The zero-order valence-corrected chi connectivity index (χ0v) is 23.2. The number of carbonyl (C=O) groups is 1. The minimum Gasteiger partial charge on any atom is -0.486 e. The Morgan fingerprint density at radius 1 is 1.03 bits per heavy atom. The third kappa shape index (κ3) is 5.93. The van der Waals surface area contributed by atoms with Crippen LogP contribution >= 0.6 is 0 Å². The molecule has 3 atom stereocenters. The molecule has 9 nitrogen and oxygen atoms in total. The van der Waals surface area contributed by atoms with Crippen molar-refractivity contribution in [1.82, 2.24) is 14.2 Å². The van der Waals surface area contributed by atoms with E-state index in [0.29, 0.717) is 36.6 Å². The van der Waals surface area contributed by atoms with Crippen molar-refractivity contribution in [1.29, 1.82) is 0 Å². The second-order valence-electron chi connectivity index (χ2n) is 10.1. The predicted molar refractivity (Wildman–Crippen MR) is 149 cm³/mol. The van der Waals surface area contributed by atoms with Crippen LogP contribution in [-0.2, 0) is 14.9 Å². The number of amides is 1. The first-order valence-electron chi connectivity index (χ1n) is 13.1. The highest BCUT2D eigenvalue weighted by Crippen LogP contribution is 2.35. The van der Waals surface area contributed by atoms with Crippen LogP contribution in [0.15, 0.2) is 67.0 Å². The molecule has 1 unspecified atom stereocenters. The summed E-state index contributed by atoms with van der Waals surface area (Å²) < 4.78 is 42.8. The molecule has 0 bridgehead atoms. The molecule has 2 aromatic carbocycles. The average molecular weight is 551 g/mol. The summed E-state index contributed by atoms with van der Waals surface area (Å²) >= 11 is 0. The molecule has 2 aliphatic heterocycles. The van der Waals surface area contributed by atoms with E-state index in [4.69, 9.17) is 9.47 Å². The Bertz CT molecular complexity index is 1430. The van der Waals surface area contributed by atoms with Gasteiger partial charge in [-0.25, -0.2) is 0 Å². The number of nitrogens with zero attached hydrogens (tertiary/aromatic N) is 3. The summed E-state index contributed by atoms with van der Waals surface area (Å²) in [4.78, 5) is 19.1. The van der Waals surface area contributed by atoms with Gasteiger partial charge in [0.05, 0.1) is 24.8 Å². The van der Waals surface area contributed by atoms with Gasteiger partial charge in [-0.1, -0.05) is 23.8 Å². The number of aromatic nitrogens is 1. The number of anilines is 1. The lowest BCUT2D eigenvalue weighted by molar-refractivity contribution is 0.0340. The van der Waals surface area contributed by atoms with Crippen LogP contribution in [0.3, 0.4) is 0 Å². The standard InChI is InChI=1S/C29H34N4O5S/c1-20-9-10-21(2)25(16-20)29(34)32-18-27(37-3)28(19-32)38-24-7-4-6-23(17-24)31-39(35,36)33-15-5-8-26(33)22-11-13-30-14-12-22/h4,6-7,9-14,16-17,26-28,31H,5,8,15,18-19H2,1-3H3/t26?,27-,28-/m1/s1. The molecule has 1 aromatic heterocycles. The van der Waals surface area contributed by atoms with Crippen LogP contribution < -0.4 is 9.46 Å². The molecular formula is C29H34N4O5S. The zero-order chi connectivity index (χ0) is 27.6. The van der Waals surface area contributed by atoms with Crippen molar-refractivity contribution in [3.05, 3.63) is 89.2 Å². The highest BCUT2D eigenvalue weighted by atomic mass is 32.2. The normalized spacial score (nSPS) is 21.7. The van der Waals surface area contributed by atoms with E-state index in [-0.39, 0.29) is 18.1 Å². The quantitative estimate of drug-likeness (QED) is 0.453. The van der Waals surface area contributed by atoms with Gasteiger partial charge >= 0.3 is 10.2 Å². The number of aryl methyl sites for hydroxylation is 2. The number of hydrogen-bond acceptors (Lipinski definition) is 6. The molecular weight excluding hydrogens is 516 g/mol. The summed E-state index contributed by atoms with van der Waals surface area (Å²) in [5.74, 6) is 0.440. The van der Waals surface area contributed by atoms with Crippen molar-refractivity contribution in [3.63, 3.8) is 0 Å². The number of hydrogen-bond donors (Lipinski definition) is 1. The van der Waals surface area contributed by atoms with Crippen molar-refractivity contribution in [3.8, 4) is 5.75 Å². The van der Waals surface area contributed by atoms with Crippen LogP contribution in [0.1, 0.15) is 45.9 Å². The smallest absolute Gasteiger partial charge is 0.302 e. The van der Waals surface area contributed by atoms with Crippen LogP contribution in [0.4, 0.5) is 5.69 Å². The van der Waals surface area contributed by atoms with Crippen molar-refractivity contribution in [2.75, 3.05) is 31.5 Å². The third-order valence-corrected chi connectivity index (χ3v) is 8.95. The van der Waals surface area contributed by atoms with Crippen LogP contribution in [0.5, 0.6) is 5.75 Å². The number of pyridine rings is 1. The molecule has 2 fully saturated rings. The molecule has 0 spiro atoms. The van der Waals surface area contributed by atoms with E-state index in [0.717, 1.165) is 29.5 Å². The average Bonchev–Trinajstić information content (AvgIpc) is 3.58. The van der Waals surface area contributed by atoms with E-state index in [9.17, 15) is 13.2 Å². The number of nitrogens with one attached hydrogen (secondary N) is 1. The number of rotatable bonds is 8. The summed E-state index contributed by atoms with van der Waals surface area (Å²) in [5, 5.41) is 0. The molecule has 2 aliphatic rings. The molecule has 206 valence electrons. The maximum Gasteiger partial charge on any atom is 0.302 e. The lowest BCUT2D eigenvalue weighted by Gasteiger charge is -2.25. The molecule has 2 saturated heterocycles. The fraction of sp³-hybridized carbons (Fsp3) is 0.379. The van der Waals surface area contributed by atoms with Gasteiger partial charge in [0, 0.05) is 37.7 Å². The van der Waals surface area contributed by atoms with Crippen molar-refractivity contribution >= 4 is 21.8 Å². The molecule has 3 aromatic rings. The van der Waals surface area contributed by atoms with Gasteiger partial charge in [0.2, 0.25) is 0 Å². The molecule has 0 saturated carbocycles. The summed E-state index contributed by atoms with van der Waals surface area (Å²) in [6.45, 7) is 5.11. The first kappa shape index (κ1) is 27.1.